The van der Waals surface area contributed by atoms with Gasteiger partial charge in [0.1, 0.15) is 12.3 Å². The van der Waals surface area contributed by atoms with E-state index in [4.69, 9.17) is 21.1 Å². The van der Waals surface area contributed by atoms with Gasteiger partial charge in [-0.05, 0) is 35.9 Å². The molecule has 0 atom stereocenters. The minimum absolute atomic E-state index is 0.0349. The average molecular weight is 405 g/mol. The van der Waals surface area contributed by atoms with Crippen LogP contribution in [0.25, 0.3) is 10.2 Å². The molecule has 8 heteroatoms. The summed E-state index contributed by atoms with van der Waals surface area (Å²) in [5.74, 6) is -0.00872. The molecule has 3 rings (SSSR count). The number of halogens is 1. The van der Waals surface area contributed by atoms with Gasteiger partial charge in [-0.15, -0.1) is 0 Å². The van der Waals surface area contributed by atoms with Crippen LogP contribution in [0.1, 0.15) is 5.56 Å². The normalized spacial score (nSPS) is 11.6. The molecular formula is C19H17ClN2O4S. The third kappa shape index (κ3) is 4.56. The minimum Gasteiger partial charge on any atom is -0.497 e. The first-order valence-electron chi connectivity index (χ1n) is 8.06. The van der Waals surface area contributed by atoms with Gasteiger partial charge in [0.15, 0.2) is 4.80 Å². The van der Waals surface area contributed by atoms with Crippen molar-refractivity contribution in [1.82, 2.24) is 4.57 Å². The number of benzene rings is 2. The van der Waals surface area contributed by atoms with Crippen molar-refractivity contribution in [3.63, 3.8) is 0 Å². The molecule has 3 aromatic rings. The summed E-state index contributed by atoms with van der Waals surface area (Å²) >= 11 is 7.35. The molecule has 6 nitrogen and oxygen atoms in total. The Labute approximate surface area is 164 Å². The number of fused-ring (bicyclic) bond motifs is 1. The van der Waals surface area contributed by atoms with Crippen LogP contribution in [0.5, 0.6) is 5.75 Å². The fourth-order valence-corrected chi connectivity index (χ4v) is 3.87. The van der Waals surface area contributed by atoms with Gasteiger partial charge in [0.05, 0.1) is 30.9 Å². The lowest BCUT2D eigenvalue weighted by Gasteiger charge is -2.04. The van der Waals surface area contributed by atoms with Crippen LogP contribution in [-0.2, 0) is 27.3 Å². The summed E-state index contributed by atoms with van der Waals surface area (Å²) in [4.78, 5) is 28.9. The van der Waals surface area contributed by atoms with E-state index in [1.807, 2.05) is 12.1 Å². The van der Waals surface area contributed by atoms with Gasteiger partial charge >= 0.3 is 5.97 Å². The number of ether oxygens (including phenoxy) is 2. The molecule has 1 heterocycles. The van der Waals surface area contributed by atoms with E-state index in [2.05, 4.69) is 4.99 Å². The number of aromatic nitrogens is 1. The van der Waals surface area contributed by atoms with Crippen molar-refractivity contribution in [2.24, 2.45) is 4.99 Å². The van der Waals surface area contributed by atoms with E-state index in [9.17, 15) is 9.59 Å². The number of hydrogen-bond donors (Lipinski definition) is 0. The summed E-state index contributed by atoms with van der Waals surface area (Å²) in [5, 5.41) is 0.574. The number of amides is 1. The van der Waals surface area contributed by atoms with Gasteiger partial charge < -0.3 is 14.0 Å². The summed E-state index contributed by atoms with van der Waals surface area (Å²) in [7, 11) is 2.91. The predicted molar refractivity (Wildman–Crippen MR) is 104 cm³/mol. The molecule has 0 aliphatic carbocycles. The molecule has 0 aliphatic rings. The van der Waals surface area contributed by atoms with Gasteiger partial charge in [0, 0.05) is 5.02 Å². The van der Waals surface area contributed by atoms with Crippen molar-refractivity contribution in [3.05, 3.63) is 57.9 Å². The second-order valence-corrected chi connectivity index (χ2v) is 7.13. The zero-order chi connectivity index (χ0) is 19.4. The maximum atomic E-state index is 12.4. The lowest BCUT2D eigenvalue weighted by atomic mass is 10.1. The Kier molecular flexibility index (Phi) is 5.93. The number of thiazole rings is 1. The van der Waals surface area contributed by atoms with Crippen molar-refractivity contribution in [1.29, 1.82) is 0 Å². The summed E-state index contributed by atoms with van der Waals surface area (Å²) in [6, 6.07) is 12.5. The molecule has 0 saturated heterocycles. The minimum atomic E-state index is -0.422. The monoisotopic (exact) mass is 404 g/mol. The molecule has 0 radical (unpaired) electrons. The van der Waals surface area contributed by atoms with Crippen molar-refractivity contribution >= 4 is 45.0 Å². The predicted octanol–water partition coefficient (Wildman–Crippen LogP) is 3.21. The molecular weight excluding hydrogens is 388 g/mol. The SMILES string of the molecule is COC(=O)Cn1c(=NC(=O)Cc2ccc(OC)cc2)sc2cc(Cl)ccc21. The van der Waals surface area contributed by atoms with Crippen LogP contribution in [0.3, 0.4) is 0 Å². The second-order valence-electron chi connectivity index (χ2n) is 5.69. The number of methoxy groups -OCH3 is 2. The molecule has 0 aliphatic heterocycles. The summed E-state index contributed by atoms with van der Waals surface area (Å²) < 4.78 is 12.4. The van der Waals surface area contributed by atoms with E-state index < -0.39 is 5.97 Å². The highest BCUT2D eigenvalue weighted by Crippen LogP contribution is 2.22. The maximum absolute atomic E-state index is 12.4. The fraction of sp³-hybridized carbons (Fsp3) is 0.211. The average Bonchev–Trinajstić information content (AvgIpc) is 2.98. The first-order chi connectivity index (χ1) is 13.0. The van der Waals surface area contributed by atoms with E-state index in [-0.39, 0.29) is 18.9 Å². The topological polar surface area (TPSA) is 69.9 Å². The van der Waals surface area contributed by atoms with Crippen molar-refractivity contribution in [2.45, 2.75) is 13.0 Å². The Morgan fingerprint density at radius 1 is 1.15 bits per heavy atom. The van der Waals surface area contributed by atoms with Gasteiger partial charge in [-0.1, -0.05) is 35.1 Å². The zero-order valence-corrected chi connectivity index (χ0v) is 16.3. The Bertz CT molecular complexity index is 1050. The second kappa shape index (κ2) is 8.37. The van der Waals surface area contributed by atoms with Gasteiger partial charge in [0.25, 0.3) is 5.91 Å². The number of carbonyl (C=O) groups excluding carboxylic acids is 2. The highest BCUT2D eigenvalue weighted by molar-refractivity contribution is 7.16. The number of esters is 1. The van der Waals surface area contributed by atoms with E-state index >= 15 is 0 Å². The molecule has 0 fully saturated rings. The highest BCUT2D eigenvalue weighted by Gasteiger charge is 2.12. The van der Waals surface area contributed by atoms with Crippen molar-refractivity contribution < 1.29 is 19.1 Å². The fourth-order valence-electron chi connectivity index (χ4n) is 2.54. The Hall–Kier alpha value is -2.64. The lowest BCUT2D eigenvalue weighted by molar-refractivity contribution is -0.141. The molecule has 0 spiro atoms. The Morgan fingerprint density at radius 2 is 1.89 bits per heavy atom. The molecule has 1 aromatic heterocycles. The smallest absolute Gasteiger partial charge is 0.325 e. The van der Waals surface area contributed by atoms with Crippen LogP contribution < -0.4 is 9.54 Å². The third-order valence-corrected chi connectivity index (χ3v) is 5.17. The third-order valence-electron chi connectivity index (χ3n) is 3.89. The first-order valence-corrected chi connectivity index (χ1v) is 9.26. The lowest BCUT2D eigenvalue weighted by Crippen LogP contribution is -2.22. The number of carbonyl (C=O) groups is 2. The van der Waals surface area contributed by atoms with Gasteiger partial charge in [-0.25, -0.2) is 0 Å². The van der Waals surface area contributed by atoms with Crippen LogP contribution in [0.2, 0.25) is 5.02 Å². The number of nitrogens with zero attached hydrogens (tertiary/aromatic N) is 2. The van der Waals surface area contributed by atoms with E-state index in [1.165, 1.54) is 18.4 Å². The first kappa shape index (κ1) is 19.1. The van der Waals surface area contributed by atoms with E-state index in [0.29, 0.717) is 9.82 Å². The standard InChI is InChI=1S/C19H17ClN2O4S/c1-25-14-6-3-12(4-7-14)9-17(23)21-19-22(11-18(24)26-2)15-8-5-13(20)10-16(15)27-19/h3-8,10H,9,11H2,1-2H3. The molecule has 0 saturated carbocycles. The summed E-state index contributed by atoms with van der Waals surface area (Å²) in [6.07, 6.45) is 0.150. The van der Waals surface area contributed by atoms with Gasteiger partial charge in [-0.2, -0.15) is 4.99 Å². The molecule has 0 N–H and O–H groups in total. The quantitative estimate of drug-likeness (QED) is 0.612. The summed E-state index contributed by atoms with van der Waals surface area (Å²) in [5.41, 5.74) is 1.60. The van der Waals surface area contributed by atoms with E-state index in [1.54, 1.807) is 42.0 Å². The number of hydrogen-bond acceptors (Lipinski definition) is 5. The van der Waals surface area contributed by atoms with Crippen LogP contribution in [0.15, 0.2) is 47.5 Å². The molecule has 27 heavy (non-hydrogen) atoms. The van der Waals surface area contributed by atoms with Crippen LogP contribution >= 0.6 is 22.9 Å². The van der Waals surface area contributed by atoms with Crippen molar-refractivity contribution in [3.8, 4) is 5.75 Å². The van der Waals surface area contributed by atoms with Crippen molar-refractivity contribution in [2.75, 3.05) is 14.2 Å². The van der Waals surface area contributed by atoms with Crippen LogP contribution in [-0.4, -0.2) is 30.7 Å². The van der Waals surface area contributed by atoms with Gasteiger partial charge in [0.2, 0.25) is 0 Å². The number of rotatable bonds is 5. The Morgan fingerprint density at radius 3 is 2.56 bits per heavy atom. The highest BCUT2D eigenvalue weighted by atomic mass is 35.5. The van der Waals surface area contributed by atoms with Crippen LogP contribution in [0.4, 0.5) is 0 Å². The van der Waals surface area contributed by atoms with E-state index in [0.717, 1.165) is 21.5 Å². The maximum Gasteiger partial charge on any atom is 0.325 e. The molecule has 140 valence electrons. The molecule has 0 unspecified atom stereocenters. The van der Waals surface area contributed by atoms with Crippen LogP contribution in [0, 0.1) is 0 Å². The largest absolute Gasteiger partial charge is 0.497 e. The van der Waals surface area contributed by atoms with Gasteiger partial charge in [-0.3, -0.25) is 9.59 Å². The zero-order valence-electron chi connectivity index (χ0n) is 14.8. The molecule has 0 bridgehead atoms. The molecule has 1 amide bonds. The Balaban J connectivity index is 1.96. The summed E-state index contributed by atoms with van der Waals surface area (Å²) in [6.45, 7) is -0.0349. The molecule has 2 aromatic carbocycles.